The summed E-state index contributed by atoms with van der Waals surface area (Å²) >= 11 is 0. The van der Waals surface area contributed by atoms with E-state index in [0.29, 0.717) is 5.56 Å². The zero-order valence-electron chi connectivity index (χ0n) is 9.36. The maximum Gasteiger partial charge on any atom is 0.132 e. The highest BCUT2D eigenvalue weighted by atomic mass is 19.1. The number of aliphatic imine (C=N–C) groups is 1. The number of benzene rings is 2. The molecule has 0 saturated carbocycles. The van der Waals surface area contributed by atoms with Gasteiger partial charge in [-0.3, -0.25) is 4.99 Å². The average molecular weight is 225 g/mol. The van der Waals surface area contributed by atoms with E-state index in [1.165, 1.54) is 11.6 Å². The summed E-state index contributed by atoms with van der Waals surface area (Å²) in [5, 5.41) is 0. The van der Waals surface area contributed by atoms with Crippen molar-refractivity contribution < 1.29 is 4.39 Å². The quantitative estimate of drug-likeness (QED) is 0.706. The number of rotatable bonds is 1. The van der Waals surface area contributed by atoms with Crippen molar-refractivity contribution in [1.29, 1.82) is 0 Å². The van der Waals surface area contributed by atoms with Crippen LogP contribution in [0.5, 0.6) is 0 Å². The van der Waals surface area contributed by atoms with Gasteiger partial charge in [0, 0.05) is 17.7 Å². The van der Waals surface area contributed by atoms with Crippen LogP contribution in [0.4, 0.5) is 4.39 Å². The van der Waals surface area contributed by atoms with Crippen LogP contribution < -0.4 is 0 Å². The molecule has 1 aliphatic heterocycles. The molecule has 0 atom stereocenters. The maximum atomic E-state index is 13.8. The van der Waals surface area contributed by atoms with Gasteiger partial charge in [0.2, 0.25) is 0 Å². The summed E-state index contributed by atoms with van der Waals surface area (Å²) in [6, 6.07) is 14.9. The molecule has 0 radical (unpaired) electrons. The molecule has 1 aliphatic rings. The highest BCUT2D eigenvalue weighted by Crippen LogP contribution is 2.21. The van der Waals surface area contributed by atoms with Crippen molar-refractivity contribution in [3.05, 3.63) is 71.0 Å². The van der Waals surface area contributed by atoms with Crippen molar-refractivity contribution >= 4 is 5.71 Å². The van der Waals surface area contributed by atoms with E-state index in [1.54, 1.807) is 12.1 Å². The fourth-order valence-corrected chi connectivity index (χ4v) is 2.23. The first-order valence-corrected chi connectivity index (χ1v) is 5.74. The van der Waals surface area contributed by atoms with Crippen LogP contribution in [-0.2, 0) is 6.42 Å². The molecule has 2 aromatic rings. The molecule has 1 nitrogen and oxygen atoms in total. The van der Waals surface area contributed by atoms with Crippen LogP contribution in [0.2, 0.25) is 0 Å². The summed E-state index contributed by atoms with van der Waals surface area (Å²) in [6.07, 6.45) is 0.939. The van der Waals surface area contributed by atoms with Gasteiger partial charge in [-0.1, -0.05) is 36.4 Å². The molecule has 17 heavy (non-hydrogen) atoms. The van der Waals surface area contributed by atoms with Crippen LogP contribution in [0.25, 0.3) is 0 Å². The molecule has 84 valence electrons. The van der Waals surface area contributed by atoms with Gasteiger partial charge >= 0.3 is 0 Å². The molecular weight excluding hydrogens is 213 g/mol. The molecule has 0 fully saturated rings. The van der Waals surface area contributed by atoms with Crippen LogP contribution in [0.1, 0.15) is 16.7 Å². The highest BCUT2D eigenvalue weighted by molar-refractivity contribution is 6.14. The van der Waals surface area contributed by atoms with Crippen LogP contribution >= 0.6 is 0 Å². The van der Waals surface area contributed by atoms with Crippen molar-refractivity contribution in [2.24, 2.45) is 4.99 Å². The second-order valence-corrected chi connectivity index (χ2v) is 4.12. The second-order valence-electron chi connectivity index (χ2n) is 4.12. The molecule has 0 aromatic heterocycles. The van der Waals surface area contributed by atoms with E-state index in [4.69, 9.17) is 0 Å². The summed E-state index contributed by atoms with van der Waals surface area (Å²) < 4.78 is 13.8. The van der Waals surface area contributed by atoms with Crippen molar-refractivity contribution in [1.82, 2.24) is 0 Å². The van der Waals surface area contributed by atoms with E-state index in [2.05, 4.69) is 11.1 Å². The third-order valence-corrected chi connectivity index (χ3v) is 3.05. The Morgan fingerprint density at radius 3 is 2.41 bits per heavy atom. The Balaban J connectivity index is 2.17. The molecular formula is C15H12FN. The summed E-state index contributed by atoms with van der Waals surface area (Å²) in [6.45, 7) is 0.737. The lowest BCUT2D eigenvalue weighted by Crippen LogP contribution is -2.15. The van der Waals surface area contributed by atoms with E-state index in [9.17, 15) is 4.39 Å². The Labute approximate surface area is 99.6 Å². The Hall–Kier alpha value is -1.96. The number of halogens is 1. The zero-order valence-corrected chi connectivity index (χ0v) is 9.36. The summed E-state index contributed by atoms with van der Waals surface area (Å²) in [7, 11) is 0. The Morgan fingerprint density at radius 1 is 0.882 bits per heavy atom. The largest absolute Gasteiger partial charge is 0.284 e. The monoisotopic (exact) mass is 225 g/mol. The van der Waals surface area contributed by atoms with Gasteiger partial charge in [0.05, 0.1) is 5.71 Å². The first kappa shape index (κ1) is 10.2. The predicted octanol–water partition coefficient (Wildman–Crippen LogP) is 3.22. The molecule has 2 heteroatoms. The number of nitrogens with zero attached hydrogens (tertiary/aromatic N) is 1. The van der Waals surface area contributed by atoms with Crippen LogP contribution in [-0.4, -0.2) is 12.3 Å². The Morgan fingerprint density at radius 2 is 1.59 bits per heavy atom. The van der Waals surface area contributed by atoms with Crippen LogP contribution in [0.15, 0.2) is 53.5 Å². The van der Waals surface area contributed by atoms with Gasteiger partial charge in [-0.25, -0.2) is 4.39 Å². The van der Waals surface area contributed by atoms with Gasteiger partial charge in [-0.2, -0.15) is 0 Å². The standard InChI is InChI=1S/C15H12FN/c16-14-8-4-3-7-13(14)15-12-6-2-1-5-11(12)9-10-17-15/h1-8H,9-10H2. The molecule has 2 aromatic carbocycles. The SMILES string of the molecule is Fc1ccccc1C1=NCCc2ccccc21. The third kappa shape index (κ3) is 1.76. The van der Waals surface area contributed by atoms with Gasteiger partial charge < -0.3 is 0 Å². The number of hydrogen-bond acceptors (Lipinski definition) is 1. The molecule has 0 N–H and O–H groups in total. The lowest BCUT2D eigenvalue weighted by atomic mass is 9.93. The van der Waals surface area contributed by atoms with Crippen LogP contribution in [0.3, 0.4) is 0 Å². The van der Waals surface area contributed by atoms with Crippen molar-refractivity contribution in [2.45, 2.75) is 6.42 Å². The molecule has 0 spiro atoms. The van der Waals surface area contributed by atoms with E-state index >= 15 is 0 Å². The average Bonchev–Trinajstić information content (AvgIpc) is 2.39. The Bertz CT molecular complexity index is 587. The normalized spacial score (nSPS) is 14.1. The minimum atomic E-state index is -0.206. The van der Waals surface area contributed by atoms with Gasteiger partial charge in [0.25, 0.3) is 0 Å². The van der Waals surface area contributed by atoms with E-state index in [-0.39, 0.29) is 5.82 Å². The third-order valence-electron chi connectivity index (χ3n) is 3.05. The second kappa shape index (κ2) is 4.13. The lowest BCUT2D eigenvalue weighted by Gasteiger charge is -2.17. The molecule has 0 unspecified atom stereocenters. The molecule has 0 bridgehead atoms. The molecule has 0 saturated heterocycles. The van der Waals surface area contributed by atoms with Gasteiger partial charge in [0.15, 0.2) is 0 Å². The summed E-state index contributed by atoms with van der Waals surface area (Å²) in [4.78, 5) is 4.48. The minimum absolute atomic E-state index is 0.206. The number of fused-ring (bicyclic) bond motifs is 1. The lowest BCUT2D eigenvalue weighted by molar-refractivity contribution is 0.625. The summed E-state index contributed by atoms with van der Waals surface area (Å²) in [5.74, 6) is -0.206. The maximum absolute atomic E-state index is 13.8. The molecule has 0 amide bonds. The Kier molecular flexibility index (Phi) is 2.48. The predicted molar refractivity (Wildman–Crippen MR) is 67.1 cm³/mol. The van der Waals surface area contributed by atoms with Crippen LogP contribution in [0, 0.1) is 5.82 Å². The van der Waals surface area contributed by atoms with Gasteiger partial charge in [-0.15, -0.1) is 0 Å². The van der Waals surface area contributed by atoms with Gasteiger partial charge in [0.1, 0.15) is 5.82 Å². The summed E-state index contributed by atoms with van der Waals surface area (Å²) in [5.41, 5.74) is 3.69. The van der Waals surface area contributed by atoms with Gasteiger partial charge in [-0.05, 0) is 24.1 Å². The fraction of sp³-hybridized carbons (Fsp3) is 0.133. The van der Waals surface area contributed by atoms with Crippen molar-refractivity contribution in [3.8, 4) is 0 Å². The molecule has 0 aliphatic carbocycles. The van der Waals surface area contributed by atoms with E-state index in [1.807, 2.05) is 24.3 Å². The molecule has 3 rings (SSSR count). The first-order valence-electron chi connectivity index (χ1n) is 5.74. The van der Waals surface area contributed by atoms with E-state index in [0.717, 1.165) is 24.2 Å². The highest BCUT2D eigenvalue weighted by Gasteiger charge is 2.17. The smallest absolute Gasteiger partial charge is 0.132 e. The fourth-order valence-electron chi connectivity index (χ4n) is 2.23. The van der Waals surface area contributed by atoms with Crippen molar-refractivity contribution in [3.63, 3.8) is 0 Å². The first-order chi connectivity index (χ1) is 8.36. The zero-order chi connectivity index (χ0) is 11.7. The topological polar surface area (TPSA) is 12.4 Å². The molecule has 1 heterocycles. The van der Waals surface area contributed by atoms with Crippen molar-refractivity contribution in [2.75, 3.05) is 6.54 Å². The number of hydrogen-bond donors (Lipinski definition) is 0. The minimum Gasteiger partial charge on any atom is -0.284 e. The van der Waals surface area contributed by atoms with E-state index < -0.39 is 0 Å².